The molecule has 1 unspecified atom stereocenters. The van der Waals surface area contributed by atoms with E-state index in [1.54, 1.807) is 0 Å². The predicted molar refractivity (Wildman–Crippen MR) is 62.7 cm³/mol. The van der Waals surface area contributed by atoms with Crippen LogP contribution in [0, 0.1) is 0 Å². The van der Waals surface area contributed by atoms with E-state index in [9.17, 15) is 9.59 Å². The number of piperidine rings is 1. The second kappa shape index (κ2) is 7.27. The molecule has 1 fully saturated rings. The van der Waals surface area contributed by atoms with E-state index in [-0.39, 0.29) is 18.5 Å². The highest BCUT2D eigenvalue weighted by atomic mass is 16.5. The summed E-state index contributed by atoms with van der Waals surface area (Å²) in [5.41, 5.74) is 0. The average molecular weight is 243 g/mol. The highest BCUT2D eigenvalue weighted by Crippen LogP contribution is 2.13. The van der Waals surface area contributed by atoms with Gasteiger partial charge in [-0.15, -0.1) is 0 Å². The molecule has 0 amide bonds. The second-order valence-corrected chi connectivity index (χ2v) is 4.62. The third kappa shape index (κ3) is 6.26. The lowest BCUT2D eigenvalue weighted by molar-refractivity contribution is -0.151. The Hall–Kier alpha value is -1.10. The Morgan fingerprint density at radius 2 is 2.06 bits per heavy atom. The van der Waals surface area contributed by atoms with Crippen molar-refractivity contribution in [1.82, 2.24) is 4.90 Å². The monoisotopic (exact) mass is 243 g/mol. The van der Waals surface area contributed by atoms with Gasteiger partial charge in [-0.1, -0.05) is 0 Å². The number of carboxylic acids is 1. The molecule has 5 heteroatoms. The van der Waals surface area contributed by atoms with Crippen LogP contribution in [0.4, 0.5) is 0 Å². The van der Waals surface area contributed by atoms with Gasteiger partial charge in [-0.2, -0.15) is 0 Å². The summed E-state index contributed by atoms with van der Waals surface area (Å²) in [5.74, 6) is -1.01. The van der Waals surface area contributed by atoms with Crippen molar-refractivity contribution < 1.29 is 19.4 Å². The molecule has 17 heavy (non-hydrogen) atoms. The molecule has 98 valence electrons. The molecule has 1 aliphatic heterocycles. The minimum absolute atomic E-state index is 0.0146. The molecule has 1 aliphatic rings. The third-order valence-corrected chi connectivity index (χ3v) is 2.90. The first-order chi connectivity index (χ1) is 8.08. The van der Waals surface area contributed by atoms with Crippen molar-refractivity contribution in [1.29, 1.82) is 0 Å². The zero-order valence-corrected chi connectivity index (χ0v) is 10.4. The van der Waals surface area contributed by atoms with Gasteiger partial charge in [-0.3, -0.25) is 9.59 Å². The van der Waals surface area contributed by atoms with Gasteiger partial charge >= 0.3 is 11.9 Å². The molecule has 0 aromatic heterocycles. The minimum Gasteiger partial charge on any atom is -0.481 e. The Balaban J connectivity index is 2.09. The Morgan fingerprint density at radius 3 is 2.71 bits per heavy atom. The topological polar surface area (TPSA) is 66.8 Å². The number of unbranched alkanes of at least 4 members (excludes halogenated alkanes) is 1. The number of likely N-dealkylation sites (tertiary alicyclic amines) is 1. The normalized spacial score (nSPS) is 21.1. The Kier molecular flexibility index (Phi) is 5.97. The highest BCUT2D eigenvalue weighted by molar-refractivity contribution is 5.70. The van der Waals surface area contributed by atoms with Crippen LogP contribution in [-0.4, -0.2) is 48.2 Å². The number of aliphatic carboxylic acids is 1. The largest absolute Gasteiger partial charge is 0.481 e. The quantitative estimate of drug-likeness (QED) is 0.562. The lowest BCUT2D eigenvalue weighted by Gasteiger charge is -2.29. The summed E-state index contributed by atoms with van der Waals surface area (Å²) in [6, 6.07) is 0. The van der Waals surface area contributed by atoms with Crippen molar-refractivity contribution in [3.63, 3.8) is 0 Å². The van der Waals surface area contributed by atoms with E-state index in [1.165, 1.54) is 0 Å². The molecule has 1 heterocycles. The van der Waals surface area contributed by atoms with Gasteiger partial charge in [0.1, 0.15) is 6.10 Å². The van der Waals surface area contributed by atoms with Crippen molar-refractivity contribution in [3.8, 4) is 0 Å². The van der Waals surface area contributed by atoms with Crippen LogP contribution < -0.4 is 0 Å². The second-order valence-electron chi connectivity index (χ2n) is 4.62. The number of likely N-dealkylation sites (N-methyl/N-ethyl adjacent to an activating group) is 1. The molecule has 1 atom stereocenters. The first-order valence-corrected chi connectivity index (χ1v) is 6.17. The van der Waals surface area contributed by atoms with Crippen molar-refractivity contribution in [3.05, 3.63) is 0 Å². The lowest BCUT2D eigenvalue weighted by Crippen LogP contribution is -2.38. The van der Waals surface area contributed by atoms with Gasteiger partial charge in [-0.05, 0) is 39.3 Å². The number of rotatable bonds is 6. The van der Waals surface area contributed by atoms with Crippen LogP contribution in [0.5, 0.6) is 0 Å². The number of carbonyl (C=O) groups excluding carboxylic acids is 1. The summed E-state index contributed by atoms with van der Waals surface area (Å²) in [6.45, 7) is 1.87. The summed E-state index contributed by atoms with van der Waals surface area (Å²) >= 11 is 0. The van der Waals surface area contributed by atoms with E-state index in [0.717, 1.165) is 25.9 Å². The van der Waals surface area contributed by atoms with Crippen molar-refractivity contribution >= 4 is 11.9 Å². The van der Waals surface area contributed by atoms with Gasteiger partial charge in [0.15, 0.2) is 0 Å². The standard InChI is InChI=1S/C12H21NO4/c1-13-8-4-5-10(9-13)17-12(16)7-3-2-6-11(14)15/h10H,2-9H2,1H3,(H,14,15). The van der Waals surface area contributed by atoms with E-state index in [1.807, 2.05) is 7.05 Å². The first-order valence-electron chi connectivity index (χ1n) is 6.17. The number of carbonyl (C=O) groups is 2. The minimum atomic E-state index is -0.813. The summed E-state index contributed by atoms with van der Waals surface area (Å²) in [5, 5.41) is 8.45. The third-order valence-electron chi connectivity index (χ3n) is 2.90. The van der Waals surface area contributed by atoms with Crippen LogP contribution >= 0.6 is 0 Å². The van der Waals surface area contributed by atoms with Crippen LogP contribution in [0.3, 0.4) is 0 Å². The van der Waals surface area contributed by atoms with Crippen molar-refractivity contribution in [2.45, 2.75) is 44.6 Å². The lowest BCUT2D eigenvalue weighted by atomic mass is 10.1. The molecule has 0 saturated carbocycles. The molecule has 0 radical (unpaired) electrons. The molecular formula is C12H21NO4. The molecule has 0 bridgehead atoms. The number of hydrogen-bond donors (Lipinski definition) is 1. The summed E-state index contributed by atoms with van der Waals surface area (Å²) in [6.07, 6.45) is 3.59. The van der Waals surface area contributed by atoms with Crippen LogP contribution in [0.1, 0.15) is 38.5 Å². The molecule has 0 aromatic rings. The number of carboxylic acid groups (broad SMARTS) is 1. The van der Waals surface area contributed by atoms with Crippen molar-refractivity contribution in [2.24, 2.45) is 0 Å². The fourth-order valence-corrected chi connectivity index (χ4v) is 2.01. The summed E-state index contributed by atoms with van der Waals surface area (Å²) < 4.78 is 5.34. The number of hydrogen-bond acceptors (Lipinski definition) is 4. The average Bonchev–Trinajstić information content (AvgIpc) is 2.24. The van der Waals surface area contributed by atoms with E-state index in [0.29, 0.717) is 19.3 Å². The summed E-state index contributed by atoms with van der Waals surface area (Å²) in [4.78, 5) is 23.9. The van der Waals surface area contributed by atoms with E-state index in [2.05, 4.69) is 4.90 Å². The molecular weight excluding hydrogens is 222 g/mol. The Bertz CT molecular complexity index is 267. The van der Waals surface area contributed by atoms with Crippen LogP contribution in [0.15, 0.2) is 0 Å². The van der Waals surface area contributed by atoms with Gasteiger partial charge < -0.3 is 14.7 Å². The molecule has 5 nitrogen and oxygen atoms in total. The number of nitrogens with zero attached hydrogens (tertiary/aromatic N) is 1. The molecule has 1 saturated heterocycles. The highest BCUT2D eigenvalue weighted by Gasteiger charge is 2.20. The van der Waals surface area contributed by atoms with Gasteiger partial charge in [0.25, 0.3) is 0 Å². The predicted octanol–water partition coefficient (Wildman–Crippen LogP) is 1.27. The zero-order valence-electron chi connectivity index (χ0n) is 10.4. The zero-order chi connectivity index (χ0) is 12.7. The molecule has 1 rings (SSSR count). The molecule has 0 aliphatic carbocycles. The fraction of sp³-hybridized carbons (Fsp3) is 0.833. The van der Waals surface area contributed by atoms with E-state index >= 15 is 0 Å². The fourth-order valence-electron chi connectivity index (χ4n) is 2.01. The maximum atomic E-state index is 11.5. The van der Waals surface area contributed by atoms with Gasteiger partial charge in [0, 0.05) is 19.4 Å². The van der Waals surface area contributed by atoms with E-state index < -0.39 is 5.97 Å². The Labute approximate surface area is 102 Å². The first kappa shape index (κ1) is 14.0. The molecule has 0 aromatic carbocycles. The summed E-state index contributed by atoms with van der Waals surface area (Å²) in [7, 11) is 2.02. The number of esters is 1. The number of ether oxygens (including phenoxy) is 1. The SMILES string of the molecule is CN1CCCC(OC(=O)CCCCC(=O)O)C1. The van der Waals surface area contributed by atoms with Gasteiger partial charge in [-0.25, -0.2) is 0 Å². The Morgan fingerprint density at radius 1 is 1.35 bits per heavy atom. The smallest absolute Gasteiger partial charge is 0.306 e. The maximum Gasteiger partial charge on any atom is 0.306 e. The van der Waals surface area contributed by atoms with Gasteiger partial charge in [0.2, 0.25) is 0 Å². The van der Waals surface area contributed by atoms with Crippen LogP contribution in [-0.2, 0) is 14.3 Å². The van der Waals surface area contributed by atoms with Crippen LogP contribution in [0.2, 0.25) is 0 Å². The maximum absolute atomic E-state index is 11.5. The van der Waals surface area contributed by atoms with E-state index in [4.69, 9.17) is 9.84 Å². The van der Waals surface area contributed by atoms with Gasteiger partial charge in [0.05, 0.1) is 0 Å². The molecule has 1 N–H and O–H groups in total. The molecule has 0 spiro atoms. The van der Waals surface area contributed by atoms with Crippen LogP contribution in [0.25, 0.3) is 0 Å². The van der Waals surface area contributed by atoms with Crippen molar-refractivity contribution in [2.75, 3.05) is 20.1 Å².